The molecule has 7 heteroatoms. The van der Waals surface area contributed by atoms with Crippen molar-refractivity contribution in [1.29, 1.82) is 0 Å². The van der Waals surface area contributed by atoms with E-state index >= 15 is 0 Å². The molecule has 23 heavy (non-hydrogen) atoms. The average Bonchev–Trinajstić information content (AvgIpc) is 2.49. The fourth-order valence-electron chi connectivity index (χ4n) is 1.85. The largest absolute Gasteiger partial charge is 0.417 e. The summed E-state index contributed by atoms with van der Waals surface area (Å²) in [6.45, 7) is 0. The molecule has 0 spiro atoms. The number of hydrogen-bond donors (Lipinski definition) is 1. The number of alkyl halides is 3. The van der Waals surface area contributed by atoms with Crippen molar-refractivity contribution in [1.82, 2.24) is 0 Å². The van der Waals surface area contributed by atoms with E-state index in [0.29, 0.717) is 6.08 Å². The number of allylic oxidation sites excluding steroid dienone is 1. The van der Waals surface area contributed by atoms with E-state index in [1.54, 1.807) is 6.07 Å². The van der Waals surface area contributed by atoms with Crippen molar-refractivity contribution in [3.05, 3.63) is 70.2 Å². The summed E-state index contributed by atoms with van der Waals surface area (Å²) in [5.74, 6) is -0.953. The van der Waals surface area contributed by atoms with Crippen LogP contribution in [0.3, 0.4) is 0 Å². The van der Waals surface area contributed by atoms with E-state index in [-0.39, 0.29) is 21.3 Å². The third-order valence-electron chi connectivity index (χ3n) is 2.88. The standard InChI is InChI=1S/C16H10Cl2F3NO/c17-12-7-4-8-13(15(12)18)22-14(23)9-11(16(19,20)21)10-5-2-1-3-6-10/h1-9H,(H,22,23)/b11-9-. The lowest BCUT2D eigenvalue weighted by atomic mass is 10.1. The van der Waals surface area contributed by atoms with Crippen molar-refractivity contribution in [3.63, 3.8) is 0 Å². The van der Waals surface area contributed by atoms with Crippen molar-refractivity contribution in [3.8, 4) is 0 Å². The molecule has 0 aliphatic carbocycles. The van der Waals surface area contributed by atoms with E-state index in [1.165, 1.54) is 42.5 Å². The van der Waals surface area contributed by atoms with E-state index in [0.717, 1.165) is 0 Å². The summed E-state index contributed by atoms with van der Waals surface area (Å²) in [5, 5.41) is 2.54. The molecule has 0 saturated heterocycles. The van der Waals surface area contributed by atoms with Crippen LogP contribution < -0.4 is 5.32 Å². The van der Waals surface area contributed by atoms with Crippen LogP contribution in [0.15, 0.2) is 54.6 Å². The molecule has 2 nitrogen and oxygen atoms in total. The fraction of sp³-hybridized carbons (Fsp3) is 0.0625. The van der Waals surface area contributed by atoms with Crippen LogP contribution in [0, 0.1) is 0 Å². The van der Waals surface area contributed by atoms with Gasteiger partial charge < -0.3 is 5.32 Å². The first kappa shape index (κ1) is 17.4. The number of amides is 1. The number of carbonyl (C=O) groups excluding carboxylic acids is 1. The van der Waals surface area contributed by atoms with Gasteiger partial charge in [-0.1, -0.05) is 59.6 Å². The smallest absolute Gasteiger partial charge is 0.321 e. The Morgan fingerprint density at radius 3 is 2.26 bits per heavy atom. The molecule has 1 amide bonds. The molecule has 0 aliphatic rings. The molecule has 0 heterocycles. The van der Waals surface area contributed by atoms with Gasteiger partial charge >= 0.3 is 6.18 Å². The molecule has 0 saturated carbocycles. The van der Waals surface area contributed by atoms with Gasteiger partial charge in [0.25, 0.3) is 0 Å². The lowest BCUT2D eigenvalue weighted by Crippen LogP contribution is -2.16. The zero-order valence-electron chi connectivity index (χ0n) is 11.5. The minimum atomic E-state index is -4.67. The Balaban J connectivity index is 2.33. The Hall–Kier alpha value is -1.98. The third-order valence-corrected chi connectivity index (χ3v) is 3.69. The molecule has 0 fully saturated rings. The van der Waals surface area contributed by atoms with Crippen LogP contribution in [0.1, 0.15) is 5.56 Å². The minimum absolute atomic E-state index is 0.0594. The SMILES string of the molecule is O=C(/C=C(/c1ccccc1)C(F)(F)F)Nc1cccc(Cl)c1Cl. The normalized spacial score (nSPS) is 12.1. The molecule has 0 aromatic heterocycles. The van der Waals surface area contributed by atoms with Crippen LogP contribution >= 0.6 is 23.2 Å². The number of nitrogens with one attached hydrogen (secondary N) is 1. The van der Waals surface area contributed by atoms with Crippen molar-refractivity contribution >= 4 is 40.4 Å². The maximum Gasteiger partial charge on any atom is 0.417 e. The topological polar surface area (TPSA) is 29.1 Å². The van der Waals surface area contributed by atoms with Crippen LogP contribution in [0.4, 0.5) is 18.9 Å². The first-order valence-electron chi connectivity index (χ1n) is 6.38. The second kappa shape index (κ2) is 7.06. The molecule has 2 aromatic carbocycles. The highest BCUT2D eigenvalue weighted by atomic mass is 35.5. The number of anilines is 1. The molecule has 0 aliphatic heterocycles. The molecule has 120 valence electrons. The van der Waals surface area contributed by atoms with Crippen LogP contribution in [-0.2, 0) is 4.79 Å². The molecule has 0 unspecified atom stereocenters. The van der Waals surface area contributed by atoms with Gasteiger partial charge in [-0.3, -0.25) is 4.79 Å². The van der Waals surface area contributed by atoms with E-state index in [9.17, 15) is 18.0 Å². The van der Waals surface area contributed by atoms with Gasteiger partial charge in [-0.05, 0) is 17.7 Å². The number of carbonyl (C=O) groups is 1. The number of rotatable bonds is 3. The second-order valence-corrected chi connectivity index (χ2v) is 5.30. The number of benzene rings is 2. The van der Waals surface area contributed by atoms with Gasteiger partial charge in [-0.2, -0.15) is 13.2 Å². The summed E-state index contributed by atoms with van der Waals surface area (Å²) < 4.78 is 39.5. The first-order chi connectivity index (χ1) is 10.8. The van der Waals surface area contributed by atoms with Crippen LogP contribution in [-0.4, -0.2) is 12.1 Å². The Morgan fingerprint density at radius 2 is 1.65 bits per heavy atom. The first-order valence-corrected chi connectivity index (χ1v) is 7.14. The highest BCUT2D eigenvalue weighted by molar-refractivity contribution is 6.44. The van der Waals surface area contributed by atoms with E-state index < -0.39 is 17.7 Å². The van der Waals surface area contributed by atoms with Crippen LogP contribution in [0.5, 0.6) is 0 Å². The lowest BCUT2D eigenvalue weighted by molar-refractivity contribution is -0.112. The molecule has 1 N–H and O–H groups in total. The lowest BCUT2D eigenvalue weighted by Gasteiger charge is -2.12. The minimum Gasteiger partial charge on any atom is -0.321 e. The number of hydrogen-bond acceptors (Lipinski definition) is 1. The summed E-state index contributed by atoms with van der Waals surface area (Å²) in [5.41, 5.74) is -1.02. The molecule has 2 rings (SSSR count). The molecule has 2 aromatic rings. The van der Waals surface area contributed by atoms with Crippen molar-refractivity contribution in [2.75, 3.05) is 5.32 Å². The highest BCUT2D eigenvalue weighted by Crippen LogP contribution is 2.34. The summed E-state index contributed by atoms with van der Waals surface area (Å²) in [6.07, 6.45) is -4.18. The summed E-state index contributed by atoms with van der Waals surface area (Å²) in [7, 11) is 0. The van der Waals surface area contributed by atoms with Gasteiger partial charge in [0.2, 0.25) is 5.91 Å². The predicted octanol–water partition coefficient (Wildman–Crippen LogP) is 5.58. The van der Waals surface area contributed by atoms with Crippen LogP contribution in [0.25, 0.3) is 5.57 Å². The van der Waals surface area contributed by atoms with E-state index in [2.05, 4.69) is 5.32 Å². The van der Waals surface area contributed by atoms with E-state index in [1.807, 2.05) is 0 Å². The van der Waals surface area contributed by atoms with E-state index in [4.69, 9.17) is 23.2 Å². The maximum absolute atomic E-state index is 13.2. The van der Waals surface area contributed by atoms with Gasteiger partial charge in [0, 0.05) is 6.08 Å². The molecular weight excluding hydrogens is 350 g/mol. The van der Waals surface area contributed by atoms with Crippen LogP contribution in [0.2, 0.25) is 10.0 Å². The molecule has 0 radical (unpaired) electrons. The second-order valence-electron chi connectivity index (χ2n) is 4.51. The third kappa shape index (κ3) is 4.50. The van der Waals surface area contributed by atoms with Crippen molar-refractivity contribution < 1.29 is 18.0 Å². The van der Waals surface area contributed by atoms with Gasteiger partial charge in [-0.25, -0.2) is 0 Å². The Morgan fingerprint density at radius 1 is 1.00 bits per heavy atom. The fourth-order valence-corrected chi connectivity index (χ4v) is 2.19. The predicted molar refractivity (Wildman–Crippen MR) is 85.6 cm³/mol. The van der Waals surface area contributed by atoms with Crippen molar-refractivity contribution in [2.45, 2.75) is 6.18 Å². The maximum atomic E-state index is 13.2. The monoisotopic (exact) mass is 359 g/mol. The molecule has 0 atom stereocenters. The van der Waals surface area contributed by atoms with Gasteiger partial charge in [0.05, 0.1) is 21.3 Å². The quantitative estimate of drug-likeness (QED) is 0.712. The van der Waals surface area contributed by atoms with Crippen molar-refractivity contribution in [2.24, 2.45) is 0 Å². The van der Waals surface area contributed by atoms with Gasteiger partial charge in [-0.15, -0.1) is 0 Å². The molecule has 0 bridgehead atoms. The summed E-state index contributed by atoms with van der Waals surface area (Å²) in [4.78, 5) is 11.9. The zero-order chi connectivity index (χ0) is 17.0. The molecular formula is C16H10Cl2F3NO. The average molecular weight is 360 g/mol. The van der Waals surface area contributed by atoms with Gasteiger partial charge in [0.15, 0.2) is 0 Å². The van der Waals surface area contributed by atoms with Gasteiger partial charge in [0.1, 0.15) is 0 Å². The Labute approximate surface area is 140 Å². The highest BCUT2D eigenvalue weighted by Gasteiger charge is 2.35. The zero-order valence-corrected chi connectivity index (χ0v) is 13.0. The summed E-state index contributed by atoms with van der Waals surface area (Å²) >= 11 is 11.7. The summed E-state index contributed by atoms with van der Waals surface area (Å²) in [6, 6.07) is 11.5. The Kier molecular flexibility index (Phi) is 5.34. The number of halogens is 5. The Bertz CT molecular complexity index is 743.